The Morgan fingerprint density at radius 1 is 1.00 bits per heavy atom. The third kappa shape index (κ3) is 8.96. The Labute approximate surface area is 216 Å². The smallest absolute Gasteiger partial charge is 0.193 e. The van der Waals surface area contributed by atoms with E-state index in [2.05, 4.69) is 43.6 Å². The summed E-state index contributed by atoms with van der Waals surface area (Å²) in [6.07, 6.45) is 0.887. The monoisotopic (exact) mass is 520 g/mol. The van der Waals surface area contributed by atoms with E-state index in [1.54, 1.807) is 13.3 Å². The standard InChI is InChI=1S/C27H44N2O4SSi/c1-26(2,3)34(30)29-24(23(31-7)20-32-19-21-15-11-10-12-16-21)25(22-17-13-14-18-28-22)33-35(8,9)27(4,5)6/h10-18,23-25,29H,19-20H2,1-9H3/t23-,24+,25?,34-/m1/s1. The topological polar surface area (TPSA) is 75.7 Å². The van der Waals surface area contributed by atoms with Gasteiger partial charge in [0.2, 0.25) is 0 Å². The van der Waals surface area contributed by atoms with Crippen LogP contribution in [0.25, 0.3) is 0 Å². The Hall–Kier alpha value is -1.26. The van der Waals surface area contributed by atoms with Crippen LogP contribution in [0, 0.1) is 0 Å². The first-order valence-corrected chi connectivity index (χ1v) is 16.2. The Morgan fingerprint density at radius 3 is 2.14 bits per heavy atom. The quantitative estimate of drug-likeness (QED) is 0.282. The fourth-order valence-corrected chi connectivity index (χ4v) is 5.31. The van der Waals surface area contributed by atoms with Gasteiger partial charge in [-0.25, -0.2) is 0 Å². The lowest BCUT2D eigenvalue weighted by Gasteiger charge is -2.43. The third-order valence-corrected chi connectivity index (χ3v) is 12.5. The number of pyridine rings is 1. The molecule has 1 aromatic carbocycles. The van der Waals surface area contributed by atoms with Gasteiger partial charge in [0.1, 0.15) is 23.0 Å². The van der Waals surface area contributed by atoms with E-state index in [4.69, 9.17) is 13.9 Å². The number of aromatic nitrogens is 1. The van der Waals surface area contributed by atoms with Gasteiger partial charge < -0.3 is 18.5 Å². The first kappa shape index (κ1) is 30.0. The van der Waals surface area contributed by atoms with E-state index in [0.29, 0.717) is 13.2 Å². The van der Waals surface area contributed by atoms with Crippen molar-refractivity contribution < 1.29 is 18.5 Å². The Morgan fingerprint density at radius 2 is 1.63 bits per heavy atom. The van der Waals surface area contributed by atoms with E-state index in [1.807, 2.05) is 69.3 Å². The fourth-order valence-electron chi connectivity index (χ4n) is 3.17. The van der Waals surface area contributed by atoms with Gasteiger partial charge in [-0.15, -0.1) is 4.72 Å². The fraction of sp³-hybridized carbons (Fsp3) is 0.593. The second-order valence-electron chi connectivity index (χ2n) is 11.4. The number of methoxy groups -OCH3 is 1. The summed E-state index contributed by atoms with van der Waals surface area (Å²) < 4.78 is 35.2. The average molecular weight is 521 g/mol. The predicted molar refractivity (Wildman–Crippen MR) is 147 cm³/mol. The van der Waals surface area contributed by atoms with Crippen LogP contribution in [0.1, 0.15) is 58.9 Å². The van der Waals surface area contributed by atoms with Gasteiger partial charge in [-0.2, -0.15) is 0 Å². The van der Waals surface area contributed by atoms with Crippen LogP contribution in [-0.4, -0.2) is 48.5 Å². The predicted octanol–water partition coefficient (Wildman–Crippen LogP) is 5.80. The highest BCUT2D eigenvalue weighted by Gasteiger charge is 2.45. The van der Waals surface area contributed by atoms with Crippen LogP contribution in [0.2, 0.25) is 18.1 Å². The van der Waals surface area contributed by atoms with E-state index in [1.165, 1.54) is 0 Å². The van der Waals surface area contributed by atoms with Crippen LogP contribution in [0.15, 0.2) is 54.7 Å². The molecule has 196 valence electrons. The zero-order valence-electron chi connectivity index (χ0n) is 22.8. The number of nitrogens with one attached hydrogen (secondary N) is 1. The molecule has 1 heterocycles. The zero-order chi connectivity index (χ0) is 26.3. The number of nitrogens with zero attached hydrogens (tertiary/aromatic N) is 1. The number of rotatable bonds is 12. The Bertz CT molecular complexity index is 872. The van der Waals surface area contributed by atoms with E-state index in [-0.39, 0.29) is 5.04 Å². The van der Waals surface area contributed by atoms with Crippen LogP contribution < -0.4 is 4.72 Å². The SMILES string of the molecule is CO[C@H](COCc1ccccc1)[C@H](N[S@+]([O-])C(C)(C)C)C(O[Si](C)(C)C(C)(C)C)c1ccccn1. The van der Waals surface area contributed by atoms with Crippen molar-refractivity contribution in [3.8, 4) is 0 Å². The molecule has 0 fully saturated rings. The van der Waals surface area contributed by atoms with Crippen molar-refractivity contribution in [3.63, 3.8) is 0 Å². The van der Waals surface area contributed by atoms with Gasteiger partial charge in [-0.3, -0.25) is 4.98 Å². The normalized spacial score (nSPS) is 16.5. The number of hydrogen-bond acceptors (Lipinski definition) is 6. The molecule has 0 aliphatic carbocycles. The molecule has 1 N–H and O–H groups in total. The van der Waals surface area contributed by atoms with Crippen molar-refractivity contribution in [2.45, 2.75) is 89.3 Å². The first-order valence-electron chi connectivity index (χ1n) is 12.2. The maximum atomic E-state index is 13.3. The molecule has 0 aliphatic rings. The van der Waals surface area contributed by atoms with Crippen molar-refractivity contribution in [2.75, 3.05) is 13.7 Å². The van der Waals surface area contributed by atoms with Crippen LogP contribution >= 0.6 is 0 Å². The molecule has 8 heteroatoms. The summed E-state index contributed by atoms with van der Waals surface area (Å²) in [4.78, 5) is 4.64. The molecule has 1 aromatic heterocycles. The zero-order valence-corrected chi connectivity index (χ0v) is 24.6. The molecule has 1 unspecified atom stereocenters. The van der Waals surface area contributed by atoms with Gasteiger partial charge in [0.25, 0.3) is 0 Å². The molecular formula is C27H44N2O4SSi. The molecule has 0 radical (unpaired) electrons. The number of benzene rings is 1. The highest BCUT2D eigenvalue weighted by Crippen LogP contribution is 2.41. The van der Waals surface area contributed by atoms with Crippen molar-refractivity contribution in [1.82, 2.24) is 9.71 Å². The molecule has 0 aliphatic heterocycles. The van der Waals surface area contributed by atoms with Crippen molar-refractivity contribution in [1.29, 1.82) is 0 Å². The van der Waals surface area contributed by atoms with Gasteiger partial charge in [-0.1, -0.05) is 57.2 Å². The summed E-state index contributed by atoms with van der Waals surface area (Å²) in [5.74, 6) is 0. The largest absolute Gasteiger partial charge is 0.598 e. The summed E-state index contributed by atoms with van der Waals surface area (Å²) in [6.45, 7) is 17.7. The minimum absolute atomic E-state index is 0.0138. The lowest BCUT2D eigenvalue weighted by molar-refractivity contribution is -0.0389. The van der Waals surface area contributed by atoms with E-state index in [9.17, 15) is 4.55 Å². The summed E-state index contributed by atoms with van der Waals surface area (Å²) in [7, 11) is -0.569. The maximum Gasteiger partial charge on any atom is 0.193 e. The molecular weight excluding hydrogens is 476 g/mol. The van der Waals surface area contributed by atoms with Crippen molar-refractivity contribution in [2.24, 2.45) is 0 Å². The molecule has 2 rings (SSSR count). The minimum Gasteiger partial charge on any atom is -0.598 e. The minimum atomic E-state index is -2.23. The van der Waals surface area contributed by atoms with E-state index in [0.717, 1.165) is 11.3 Å². The van der Waals surface area contributed by atoms with Crippen LogP contribution in [0.5, 0.6) is 0 Å². The molecule has 35 heavy (non-hydrogen) atoms. The lowest BCUT2D eigenvalue weighted by atomic mass is 10.0. The van der Waals surface area contributed by atoms with Crippen LogP contribution in [-0.2, 0) is 31.9 Å². The summed E-state index contributed by atoms with van der Waals surface area (Å²) in [5.41, 5.74) is 1.87. The lowest BCUT2D eigenvalue weighted by Crippen LogP contribution is -2.56. The average Bonchev–Trinajstić information content (AvgIpc) is 2.79. The van der Waals surface area contributed by atoms with Crippen LogP contribution in [0.4, 0.5) is 0 Å². The second kappa shape index (κ2) is 12.8. The molecule has 0 saturated carbocycles. The first-order chi connectivity index (χ1) is 16.3. The molecule has 6 nitrogen and oxygen atoms in total. The molecule has 0 saturated heterocycles. The molecule has 2 aromatic rings. The summed E-state index contributed by atoms with van der Waals surface area (Å²) >= 11 is -1.35. The highest BCUT2D eigenvalue weighted by molar-refractivity contribution is 7.90. The van der Waals surface area contributed by atoms with Gasteiger partial charge in [0.15, 0.2) is 8.32 Å². The van der Waals surface area contributed by atoms with Gasteiger partial charge in [-0.05, 0) is 56.6 Å². The van der Waals surface area contributed by atoms with Gasteiger partial charge >= 0.3 is 0 Å². The molecule has 0 amide bonds. The van der Waals surface area contributed by atoms with E-state index >= 15 is 0 Å². The third-order valence-electron chi connectivity index (χ3n) is 6.43. The highest BCUT2D eigenvalue weighted by atomic mass is 32.2. The van der Waals surface area contributed by atoms with Gasteiger partial charge in [0.05, 0.1) is 18.9 Å². The number of ether oxygens (including phenoxy) is 2. The molecule has 4 atom stereocenters. The second-order valence-corrected chi connectivity index (χ2v) is 18.1. The van der Waals surface area contributed by atoms with E-state index < -0.39 is 42.7 Å². The molecule has 0 spiro atoms. The number of hydrogen-bond donors (Lipinski definition) is 1. The molecule has 0 bridgehead atoms. The maximum absolute atomic E-state index is 13.3. The van der Waals surface area contributed by atoms with Crippen molar-refractivity contribution in [3.05, 3.63) is 66.0 Å². The van der Waals surface area contributed by atoms with Crippen molar-refractivity contribution >= 4 is 19.7 Å². The Kier molecular flexibility index (Phi) is 11.0. The van der Waals surface area contributed by atoms with Crippen LogP contribution in [0.3, 0.4) is 0 Å². The Balaban J connectivity index is 2.41. The summed E-state index contributed by atoms with van der Waals surface area (Å²) in [5, 5.41) is -0.0138. The van der Waals surface area contributed by atoms with Gasteiger partial charge in [0, 0.05) is 24.7 Å². The summed E-state index contributed by atoms with van der Waals surface area (Å²) in [6, 6.07) is 15.4.